The fourth-order valence-electron chi connectivity index (χ4n) is 1.83. The van der Waals surface area contributed by atoms with Crippen LogP contribution >= 0.6 is 11.6 Å². The van der Waals surface area contributed by atoms with Crippen molar-refractivity contribution < 1.29 is 4.74 Å². The van der Waals surface area contributed by atoms with Crippen molar-refractivity contribution in [2.24, 2.45) is 5.92 Å². The van der Waals surface area contributed by atoms with Gasteiger partial charge in [-0.15, -0.1) is 0 Å². The van der Waals surface area contributed by atoms with E-state index in [9.17, 15) is 0 Å². The Bertz CT molecular complexity index is 341. The summed E-state index contributed by atoms with van der Waals surface area (Å²) >= 11 is 5.98. The Balaban J connectivity index is 2.62. The van der Waals surface area contributed by atoms with E-state index in [1.54, 1.807) is 0 Å². The first-order valence-electron chi connectivity index (χ1n) is 6.23. The molecule has 0 amide bonds. The zero-order chi connectivity index (χ0) is 12.7. The number of ether oxygens (including phenoxy) is 1. The van der Waals surface area contributed by atoms with Crippen molar-refractivity contribution in [2.75, 3.05) is 13.7 Å². The normalized spacial score (nSPS) is 12.5. The lowest BCUT2D eigenvalue weighted by atomic mass is 10.1. The molecule has 0 aliphatic rings. The molecule has 3 heteroatoms. The molecule has 1 rings (SSSR count). The van der Waals surface area contributed by atoms with Crippen LogP contribution < -0.4 is 10.1 Å². The number of hydrogen-bond donors (Lipinski definition) is 1. The van der Waals surface area contributed by atoms with E-state index in [4.69, 9.17) is 16.3 Å². The molecule has 0 saturated carbocycles. The van der Waals surface area contributed by atoms with Gasteiger partial charge in [0.25, 0.3) is 0 Å². The van der Waals surface area contributed by atoms with Crippen molar-refractivity contribution in [2.45, 2.75) is 33.2 Å². The second-order valence-corrected chi connectivity index (χ2v) is 4.92. The van der Waals surface area contributed by atoms with Gasteiger partial charge in [-0.1, -0.05) is 31.9 Å². The van der Waals surface area contributed by atoms with Crippen LogP contribution in [0.15, 0.2) is 18.2 Å². The lowest BCUT2D eigenvalue weighted by Gasteiger charge is -2.15. The predicted octanol–water partition coefficient (Wildman–Crippen LogP) is 3.87. The Hall–Kier alpha value is -0.730. The first-order valence-corrected chi connectivity index (χ1v) is 6.61. The highest BCUT2D eigenvalue weighted by Gasteiger charge is 2.06. The van der Waals surface area contributed by atoms with Crippen LogP contribution in [0.4, 0.5) is 0 Å². The van der Waals surface area contributed by atoms with E-state index < -0.39 is 0 Å². The number of nitrogens with one attached hydrogen (secondary N) is 1. The van der Waals surface area contributed by atoms with Gasteiger partial charge in [0.2, 0.25) is 0 Å². The Labute approximate surface area is 109 Å². The molecule has 1 aromatic rings. The lowest BCUT2D eigenvalue weighted by molar-refractivity contribution is 0.249. The van der Waals surface area contributed by atoms with Gasteiger partial charge in [-0.2, -0.15) is 0 Å². The second-order valence-electron chi connectivity index (χ2n) is 4.49. The van der Waals surface area contributed by atoms with Crippen molar-refractivity contribution in [3.63, 3.8) is 0 Å². The van der Waals surface area contributed by atoms with E-state index in [2.05, 4.69) is 19.2 Å². The Kier molecular flexibility index (Phi) is 6.38. The molecule has 96 valence electrons. The molecule has 0 heterocycles. The molecule has 0 bridgehead atoms. The van der Waals surface area contributed by atoms with E-state index in [0.29, 0.717) is 5.92 Å². The summed E-state index contributed by atoms with van der Waals surface area (Å²) in [5.41, 5.74) is 1.11. The third-order valence-electron chi connectivity index (χ3n) is 2.69. The Morgan fingerprint density at radius 2 is 2.18 bits per heavy atom. The van der Waals surface area contributed by atoms with Gasteiger partial charge in [-0.25, -0.2) is 0 Å². The average Bonchev–Trinajstić information content (AvgIpc) is 2.29. The molecule has 0 radical (unpaired) electrons. The van der Waals surface area contributed by atoms with E-state index >= 15 is 0 Å². The summed E-state index contributed by atoms with van der Waals surface area (Å²) < 4.78 is 5.86. The smallest absolute Gasteiger partial charge is 0.123 e. The highest BCUT2D eigenvalue weighted by Crippen LogP contribution is 2.23. The van der Waals surface area contributed by atoms with E-state index in [-0.39, 0.29) is 0 Å². The fraction of sp³-hybridized carbons (Fsp3) is 0.571. The zero-order valence-corrected chi connectivity index (χ0v) is 11.7. The third-order valence-corrected chi connectivity index (χ3v) is 2.93. The van der Waals surface area contributed by atoms with Crippen LogP contribution in [0.3, 0.4) is 0 Å². The summed E-state index contributed by atoms with van der Waals surface area (Å²) in [6.45, 7) is 5.96. The molecule has 0 fully saturated rings. The number of rotatable bonds is 7. The molecular weight excluding hydrogens is 234 g/mol. The summed E-state index contributed by atoms with van der Waals surface area (Å²) in [5, 5.41) is 3.88. The summed E-state index contributed by atoms with van der Waals surface area (Å²) in [7, 11) is 1.92. The van der Waals surface area contributed by atoms with Crippen molar-refractivity contribution in [1.82, 2.24) is 5.32 Å². The van der Waals surface area contributed by atoms with Gasteiger partial charge in [0.15, 0.2) is 0 Å². The van der Waals surface area contributed by atoms with Gasteiger partial charge in [0.05, 0.1) is 6.61 Å². The average molecular weight is 256 g/mol. The molecule has 0 aromatic heterocycles. The van der Waals surface area contributed by atoms with Crippen LogP contribution in [0, 0.1) is 5.92 Å². The first-order chi connectivity index (χ1) is 8.17. The highest BCUT2D eigenvalue weighted by atomic mass is 35.5. The maximum atomic E-state index is 5.98. The minimum Gasteiger partial charge on any atom is -0.493 e. The molecule has 0 spiro atoms. The van der Waals surface area contributed by atoms with Crippen LogP contribution in [-0.2, 0) is 6.54 Å². The fourth-order valence-corrected chi connectivity index (χ4v) is 2.02. The standard InChI is InChI=1S/C14H22ClNO/c1-4-5-11(2)10-17-14-7-6-13(15)8-12(14)9-16-3/h6-8,11,16H,4-5,9-10H2,1-3H3. The number of halogens is 1. The predicted molar refractivity (Wildman–Crippen MR) is 73.8 cm³/mol. The maximum Gasteiger partial charge on any atom is 0.123 e. The first kappa shape index (κ1) is 14.3. The van der Waals surface area contributed by atoms with Gasteiger partial charge in [0, 0.05) is 17.1 Å². The number of hydrogen-bond acceptors (Lipinski definition) is 2. The van der Waals surface area contributed by atoms with Crippen molar-refractivity contribution in [1.29, 1.82) is 0 Å². The van der Waals surface area contributed by atoms with Gasteiger partial charge >= 0.3 is 0 Å². The van der Waals surface area contributed by atoms with Crippen LogP contribution in [0.5, 0.6) is 5.75 Å². The summed E-state index contributed by atoms with van der Waals surface area (Å²) in [6, 6.07) is 5.78. The Morgan fingerprint density at radius 3 is 2.82 bits per heavy atom. The van der Waals surface area contributed by atoms with Crippen molar-refractivity contribution in [3.05, 3.63) is 28.8 Å². The maximum absolute atomic E-state index is 5.98. The second kappa shape index (κ2) is 7.57. The molecule has 0 saturated heterocycles. The van der Waals surface area contributed by atoms with Gasteiger partial charge in [0.1, 0.15) is 5.75 Å². The van der Waals surface area contributed by atoms with Crippen LogP contribution in [0.1, 0.15) is 32.3 Å². The molecule has 0 aliphatic carbocycles. The topological polar surface area (TPSA) is 21.3 Å². The highest BCUT2D eigenvalue weighted by molar-refractivity contribution is 6.30. The van der Waals surface area contributed by atoms with Crippen molar-refractivity contribution in [3.8, 4) is 5.75 Å². The van der Waals surface area contributed by atoms with Crippen molar-refractivity contribution >= 4 is 11.6 Å². The molecule has 2 nitrogen and oxygen atoms in total. The summed E-state index contributed by atoms with van der Waals surface area (Å²) in [4.78, 5) is 0. The lowest BCUT2D eigenvalue weighted by Crippen LogP contribution is -2.11. The molecule has 1 atom stereocenters. The quantitative estimate of drug-likeness (QED) is 0.799. The van der Waals surface area contributed by atoms with E-state index in [1.165, 1.54) is 12.8 Å². The molecular formula is C14H22ClNO. The third kappa shape index (κ3) is 4.97. The number of benzene rings is 1. The molecule has 0 aliphatic heterocycles. The molecule has 1 aromatic carbocycles. The van der Waals surface area contributed by atoms with E-state index in [0.717, 1.165) is 29.5 Å². The van der Waals surface area contributed by atoms with Crippen LogP contribution in [-0.4, -0.2) is 13.7 Å². The monoisotopic (exact) mass is 255 g/mol. The van der Waals surface area contributed by atoms with Gasteiger partial charge < -0.3 is 10.1 Å². The molecule has 1 unspecified atom stereocenters. The zero-order valence-electron chi connectivity index (χ0n) is 10.9. The Morgan fingerprint density at radius 1 is 1.41 bits per heavy atom. The SMILES string of the molecule is CCCC(C)COc1ccc(Cl)cc1CNC. The van der Waals surface area contributed by atoms with Gasteiger partial charge in [-0.05, 0) is 37.6 Å². The summed E-state index contributed by atoms with van der Waals surface area (Å²) in [6.07, 6.45) is 2.41. The molecule has 1 N–H and O–H groups in total. The molecule has 17 heavy (non-hydrogen) atoms. The van der Waals surface area contributed by atoms with E-state index in [1.807, 2.05) is 25.2 Å². The van der Waals surface area contributed by atoms with Crippen LogP contribution in [0.2, 0.25) is 5.02 Å². The van der Waals surface area contributed by atoms with Crippen LogP contribution in [0.25, 0.3) is 0 Å². The van der Waals surface area contributed by atoms with Gasteiger partial charge in [-0.3, -0.25) is 0 Å². The largest absolute Gasteiger partial charge is 0.493 e. The minimum atomic E-state index is 0.595. The minimum absolute atomic E-state index is 0.595. The summed E-state index contributed by atoms with van der Waals surface area (Å²) in [5.74, 6) is 1.53.